The molecule has 0 amide bonds. The molecule has 0 bridgehead atoms. The van der Waals surface area contributed by atoms with Crippen molar-refractivity contribution in [1.82, 2.24) is 10.2 Å². The quantitative estimate of drug-likeness (QED) is 0.895. The van der Waals surface area contributed by atoms with Crippen molar-refractivity contribution in [3.8, 4) is 0 Å². The van der Waals surface area contributed by atoms with Gasteiger partial charge in [-0.15, -0.1) is 0 Å². The van der Waals surface area contributed by atoms with E-state index in [1.165, 1.54) is 18.9 Å². The van der Waals surface area contributed by atoms with Crippen LogP contribution < -0.4 is 5.32 Å². The molecule has 1 aromatic carbocycles. The highest BCUT2D eigenvalue weighted by molar-refractivity contribution is 5.20. The molecule has 2 fully saturated rings. The summed E-state index contributed by atoms with van der Waals surface area (Å²) in [4.78, 5) is 2.37. The lowest BCUT2D eigenvalue weighted by Crippen LogP contribution is -2.62. The topological polar surface area (TPSA) is 15.3 Å². The normalized spacial score (nSPS) is 26.2. The van der Waals surface area contributed by atoms with Crippen molar-refractivity contribution in [1.29, 1.82) is 0 Å². The Morgan fingerprint density at radius 2 is 2.05 bits per heavy atom. The standard InChI is InChI=1S/C16H22F2N2/c1-12-9-20(16(11-19-12)7-2-3-8-16)10-13-5-4-6-14(17)15(13)18/h4-6,12,19H,2-3,7-11H2,1H3. The van der Waals surface area contributed by atoms with Gasteiger partial charge in [0.1, 0.15) is 0 Å². The summed E-state index contributed by atoms with van der Waals surface area (Å²) in [5.74, 6) is -1.43. The predicted octanol–water partition coefficient (Wildman–Crippen LogP) is 3.07. The third kappa shape index (κ3) is 2.47. The highest BCUT2D eigenvalue weighted by Crippen LogP contribution is 2.38. The van der Waals surface area contributed by atoms with E-state index >= 15 is 0 Å². The number of halogens is 2. The molecular weight excluding hydrogens is 258 g/mol. The van der Waals surface area contributed by atoms with E-state index in [4.69, 9.17) is 0 Å². The van der Waals surface area contributed by atoms with Gasteiger partial charge in [-0.05, 0) is 25.8 Å². The van der Waals surface area contributed by atoms with Gasteiger partial charge < -0.3 is 5.32 Å². The Labute approximate surface area is 119 Å². The van der Waals surface area contributed by atoms with E-state index in [2.05, 4.69) is 17.1 Å². The van der Waals surface area contributed by atoms with Crippen LogP contribution >= 0.6 is 0 Å². The molecule has 3 rings (SSSR count). The zero-order valence-corrected chi connectivity index (χ0v) is 12.0. The van der Waals surface area contributed by atoms with Gasteiger partial charge in [0, 0.05) is 36.8 Å². The van der Waals surface area contributed by atoms with Crippen molar-refractivity contribution in [2.75, 3.05) is 13.1 Å². The second-order valence-corrected chi connectivity index (χ2v) is 6.31. The van der Waals surface area contributed by atoms with Crippen LogP contribution in [0.15, 0.2) is 18.2 Å². The maximum atomic E-state index is 13.9. The van der Waals surface area contributed by atoms with Gasteiger partial charge >= 0.3 is 0 Å². The molecule has 1 spiro atoms. The van der Waals surface area contributed by atoms with Gasteiger partial charge in [0.15, 0.2) is 11.6 Å². The van der Waals surface area contributed by atoms with Gasteiger partial charge in [-0.3, -0.25) is 4.90 Å². The summed E-state index contributed by atoms with van der Waals surface area (Å²) < 4.78 is 27.3. The smallest absolute Gasteiger partial charge is 0.163 e. The minimum absolute atomic E-state index is 0.144. The zero-order chi connectivity index (χ0) is 14.2. The molecular formula is C16H22F2N2. The molecule has 110 valence electrons. The monoisotopic (exact) mass is 280 g/mol. The van der Waals surface area contributed by atoms with Crippen LogP contribution in [0, 0.1) is 11.6 Å². The summed E-state index contributed by atoms with van der Waals surface area (Å²) >= 11 is 0. The lowest BCUT2D eigenvalue weighted by Gasteiger charge is -2.47. The molecule has 1 aromatic rings. The van der Waals surface area contributed by atoms with Crippen molar-refractivity contribution >= 4 is 0 Å². The number of benzene rings is 1. The molecule has 4 heteroatoms. The number of hydrogen-bond acceptors (Lipinski definition) is 2. The van der Waals surface area contributed by atoms with Crippen LogP contribution in [0.3, 0.4) is 0 Å². The molecule has 0 radical (unpaired) electrons. The second-order valence-electron chi connectivity index (χ2n) is 6.31. The Morgan fingerprint density at radius 3 is 2.80 bits per heavy atom. The highest BCUT2D eigenvalue weighted by atomic mass is 19.2. The molecule has 1 N–H and O–H groups in total. The fraction of sp³-hybridized carbons (Fsp3) is 0.625. The van der Waals surface area contributed by atoms with Gasteiger partial charge in [0.25, 0.3) is 0 Å². The Bertz CT molecular complexity index is 483. The third-order valence-corrected chi connectivity index (χ3v) is 4.87. The summed E-state index contributed by atoms with van der Waals surface area (Å²) in [5, 5.41) is 3.55. The fourth-order valence-electron chi connectivity index (χ4n) is 3.70. The molecule has 2 nitrogen and oxygen atoms in total. The lowest BCUT2D eigenvalue weighted by atomic mass is 9.90. The Morgan fingerprint density at radius 1 is 1.30 bits per heavy atom. The summed E-state index contributed by atoms with van der Waals surface area (Å²) in [6.45, 7) is 4.52. The van der Waals surface area contributed by atoms with Crippen molar-refractivity contribution in [3.05, 3.63) is 35.4 Å². The second kappa shape index (κ2) is 5.41. The first kappa shape index (κ1) is 14.0. The highest BCUT2D eigenvalue weighted by Gasteiger charge is 2.42. The number of piperazine rings is 1. The lowest BCUT2D eigenvalue weighted by molar-refractivity contribution is 0.0382. The molecule has 1 aliphatic carbocycles. The van der Waals surface area contributed by atoms with E-state index in [1.54, 1.807) is 12.1 Å². The van der Waals surface area contributed by atoms with Crippen LogP contribution in [-0.2, 0) is 6.54 Å². The van der Waals surface area contributed by atoms with E-state index in [-0.39, 0.29) is 5.54 Å². The number of hydrogen-bond donors (Lipinski definition) is 1. The van der Waals surface area contributed by atoms with E-state index in [0.717, 1.165) is 25.9 Å². The van der Waals surface area contributed by atoms with Gasteiger partial charge in [0.05, 0.1) is 0 Å². The first-order chi connectivity index (χ1) is 9.61. The summed E-state index contributed by atoms with van der Waals surface area (Å²) in [6, 6.07) is 4.89. The molecule has 1 saturated carbocycles. The van der Waals surface area contributed by atoms with Crippen LogP contribution in [0.1, 0.15) is 38.2 Å². The SMILES string of the molecule is CC1CN(Cc2cccc(F)c2F)C2(CCCC2)CN1. The number of nitrogens with one attached hydrogen (secondary N) is 1. The maximum Gasteiger partial charge on any atom is 0.163 e. The summed E-state index contributed by atoms with van der Waals surface area (Å²) in [5.41, 5.74) is 0.621. The first-order valence-electron chi connectivity index (χ1n) is 7.52. The van der Waals surface area contributed by atoms with Crippen LogP contribution in [0.25, 0.3) is 0 Å². The number of nitrogens with zero attached hydrogens (tertiary/aromatic N) is 1. The van der Waals surface area contributed by atoms with Crippen molar-refractivity contribution in [3.63, 3.8) is 0 Å². The molecule has 2 aliphatic rings. The molecule has 0 aromatic heterocycles. The average molecular weight is 280 g/mol. The Hall–Kier alpha value is -1.00. The maximum absolute atomic E-state index is 13.9. The van der Waals surface area contributed by atoms with Crippen LogP contribution in [0.4, 0.5) is 8.78 Å². The van der Waals surface area contributed by atoms with Crippen molar-refractivity contribution < 1.29 is 8.78 Å². The molecule has 1 aliphatic heterocycles. The molecule has 1 heterocycles. The van der Waals surface area contributed by atoms with E-state index < -0.39 is 11.6 Å². The van der Waals surface area contributed by atoms with Crippen LogP contribution in [-0.4, -0.2) is 29.6 Å². The minimum atomic E-state index is -0.744. The minimum Gasteiger partial charge on any atom is -0.311 e. The van der Waals surface area contributed by atoms with Gasteiger partial charge in [-0.1, -0.05) is 25.0 Å². The third-order valence-electron chi connectivity index (χ3n) is 4.87. The fourth-order valence-corrected chi connectivity index (χ4v) is 3.70. The van der Waals surface area contributed by atoms with E-state index in [9.17, 15) is 8.78 Å². The first-order valence-corrected chi connectivity index (χ1v) is 7.52. The predicted molar refractivity (Wildman–Crippen MR) is 75.4 cm³/mol. The van der Waals surface area contributed by atoms with Crippen molar-refractivity contribution in [2.45, 2.75) is 50.7 Å². The van der Waals surface area contributed by atoms with Crippen LogP contribution in [0.5, 0.6) is 0 Å². The Kier molecular flexibility index (Phi) is 3.78. The van der Waals surface area contributed by atoms with Gasteiger partial charge in [-0.25, -0.2) is 8.78 Å². The van der Waals surface area contributed by atoms with E-state index in [0.29, 0.717) is 18.2 Å². The van der Waals surface area contributed by atoms with E-state index in [1.807, 2.05) is 0 Å². The molecule has 20 heavy (non-hydrogen) atoms. The van der Waals surface area contributed by atoms with Crippen LogP contribution in [0.2, 0.25) is 0 Å². The van der Waals surface area contributed by atoms with Gasteiger partial charge in [0.2, 0.25) is 0 Å². The molecule has 1 saturated heterocycles. The van der Waals surface area contributed by atoms with Crippen molar-refractivity contribution in [2.24, 2.45) is 0 Å². The molecule has 1 unspecified atom stereocenters. The Balaban J connectivity index is 1.84. The zero-order valence-electron chi connectivity index (χ0n) is 12.0. The largest absolute Gasteiger partial charge is 0.311 e. The van der Waals surface area contributed by atoms with Gasteiger partial charge in [-0.2, -0.15) is 0 Å². The number of rotatable bonds is 2. The average Bonchev–Trinajstić information content (AvgIpc) is 2.89. The summed E-state index contributed by atoms with van der Waals surface area (Å²) in [7, 11) is 0. The molecule has 1 atom stereocenters. The summed E-state index contributed by atoms with van der Waals surface area (Å²) in [6.07, 6.45) is 4.78.